The summed E-state index contributed by atoms with van der Waals surface area (Å²) in [5, 5.41) is 21.1. The smallest absolute Gasteiger partial charge is 0.419 e. The third kappa shape index (κ3) is 7.32. The van der Waals surface area contributed by atoms with E-state index in [9.17, 15) is 28.2 Å². The van der Waals surface area contributed by atoms with E-state index < -0.39 is 23.3 Å². The number of hydrogen-bond acceptors (Lipinski definition) is 8. The van der Waals surface area contributed by atoms with Gasteiger partial charge in [0, 0.05) is 62.1 Å². The van der Waals surface area contributed by atoms with Gasteiger partial charge < -0.3 is 24.7 Å². The van der Waals surface area contributed by atoms with Crippen molar-refractivity contribution in [1.82, 2.24) is 15.0 Å². The molecule has 1 saturated carbocycles. The van der Waals surface area contributed by atoms with E-state index >= 15 is 0 Å². The number of piperidine rings is 2. The molecule has 3 aliphatic rings. The molecule has 3 aromatic rings. The molecular weight excluding hydrogens is 587 g/mol. The molecule has 2 N–H and O–H groups in total. The third-order valence-electron chi connectivity index (χ3n) is 9.44. The number of benzene rings is 1. The zero-order valence-electron chi connectivity index (χ0n) is 25.0. The van der Waals surface area contributed by atoms with E-state index in [0.717, 1.165) is 68.0 Å². The molecule has 45 heavy (non-hydrogen) atoms. The molecule has 2 aliphatic heterocycles. The molecule has 4 heterocycles. The van der Waals surface area contributed by atoms with Gasteiger partial charge in [-0.3, -0.25) is 4.79 Å². The maximum atomic E-state index is 12.9. The number of carbonyl (C=O) groups is 1. The highest BCUT2D eigenvalue weighted by Gasteiger charge is 2.38. The van der Waals surface area contributed by atoms with E-state index in [1.54, 1.807) is 6.20 Å². The Kier molecular flexibility index (Phi) is 8.85. The minimum absolute atomic E-state index is 0.00337. The molecule has 240 valence electrons. The number of aromatic nitrogens is 3. The number of nitrogens with zero attached hydrogens (tertiary/aromatic N) is 5. The van der Waals surface area contributed by atoms with Crippen LogP contribution >= 0.6 is 0 Å². The zero-order valence-corrected chi connectivity index (χ0v) is 25.0. The van der Waals surface area contributed by atoms with Gasteiger partial charge in [-0.1, -0.05) is 18.2 Å². The maximum absolute atomic E-state index is 12.9. The van der Waals surface area contributed by atoms with Gasteiger partial charge in [0.2, 0.25) is 11.8 Å². The number of ether oxygens (including phenoxy) is 1. The molecule has 9 nitrogen and oxygen atoms in total. The standard InChI is InChI=1S/C33H38F3N5O4/c34-33(35,36)25-19-38-31(39-20-25)41-15-10-32(44,11-16-41)27-3-1-2-4-28(27)40-13-8-22(9-14-40)21-45-29-17-24(7-12-37-29)26(18-30(42)43)23-5-6-23/h1-4,7,12,17,19-20,22-23,26,44H,5-6,8-11,13-16,18,21H2,(H,42,43). The predicted molar refractivity (Wildman–Crippen MR) is 161 cm³/mol. The van der Waals surface area contributed by atoms with E-state index in [2.05, 4.69) is 19.9 Å². The van der Waals surface area contributed by atoms with Crippen LogP contribution in [0.5, 0.6) is 5.88 Å². The molecule has 3 fully saturated rings. The number of carboxylic acid groups (broad SMARTS) is 1. The quantitative estimate of drug-likeness (QED) is 0.296. The van der Waals surface area contributed by atoms with Gasteiger partial charge in [-0.25, -0.2) is 15.0 Å². The summed E-state index contributed by atoms with van der Waals surface area (Å²) in [5.74, 6) is 0.731. The summed E-state index contributed by atoms with van der Waals surface area (Å²) in [5.41, 5.74) is 0.879. The fourth-order valence-electron chi connectivity index (χ4n) is 6.64. The summed E-state index contributed by atoms with van der Waals surface area (Å²) in [6.07, 6.45) is 3.68. The molecule has 0 amide bonds. The van der Waals surface area contributed by atoms with Crippen LogP contribution in [-0.4, -0.2) is 63.9 Å². The zero-order chi connectivity index (χ0) is 31.6. The van der Waals surface area contributed by atoms with E-state index in [1.807, 2.05) is 41.3 Å². The summed E-state index contributed by atoms with van der Waals surface area (Å²) in [7, 11) is 0. The van der Waals surface area contributed by atoms with Crippen molar-refractivity contribution in [2.24, 2.45) is 11.8 Å². The number of hydrogen-bond donors (Lipinski definition) is 2. The van der Waals surface area contributed by atoms with Crippen LogP contribution in [0.2, 0.25) is 0 Å². The topological polar surface area (TPSA) is 112 Å². The molecule has 2 saturated heterocycles. The second-order valence-electron chi connectivity index (χ2n) is 12.5. The SMILES string of the molecule is O=C(O)CC(c1ccnc(OCC2CCN(c3ccccc3C3(O)CCN(c4ncc(C(F)(F)F)cn4)CC3)CC2)c1)C1CC1. The Balaban J connectivity index is 1.04. The van der Waals surface area contributed by atoms with E-state index in [4.69, 9.17) is 4.74 Å². The monoisotopic (exact) mass is 625 g/mol. The Morgan fingerprint density at radius 2 is 1.67 bits per heavy atom. The largest absolute Gasteiger partial charge is 0.481 e. The summed E-state index contributed by atoms with van der Waals surface area (Å²) >= 11 is 0. The third-order valence-corrected chi connectivity index (χ3v) is 9.44. The first-order valence-electron chi connectivity index (χ1n) is 15.6. The average molecular weight is 626 g/mol. The summed E-state index contributed by atoms with van der Waals surface area (Å²) in [6, 6.07) is 11.7. The molecule has 1 unspecified atom stereocenters. The van der Waals surface area contributed by atoms with Crippen molar-refractivity contribution < 1.29 is 32.9 Å². The van der Waals surface area contributed by atoms with Gasteiger partial charge in [-0.15, -0.1) is 0 Å². The van der Waals surface area contributed by atoms with Crippen LogP contribution in [-0.2, 0) is 16.6 Å². The number of aliphatic hydroxyl groups is 1. The van der Waals surface area contributed by atoms with Crippen LogP contribution in [0.3, 0.4) is 0 Å². The van der Waals surface area contributed by atoms with Crippen LogP contribution in [0, 0.1) is 11.8 Å². The fraction of sp³-hybridized carbons (Fsp3) is 0.515. The Morgan fingerprint density at radius 3 is 2.31 bits per heavy atom. The Bertz CT molecular complexity index is 1470. The second kappa shape index (κ2) is 12.8. The number of alkyl halides is 3. The second-order valence-corrected chi connectivity index (χ2v) is 12.5. The minimum Gasteiger partial charge on any atom is -0.481 e. The Hall–Kier alpha value is -3.93. The highest BCUT2D eigenvalue weighted by molar-refractivity contribution is 5.68. The molecule has 6 rings (SSSR count). The van der Waals surface area contributed by atoms with Crippen molar-refractivity contribution >= 4 is 17.6 Å². The first-order chi connectivity index (χ1) is 21.6. The highest BCUT2D eigenvalue weighted by Crippen LogP contribution is 2.45. The first kappa shape index (κ1) is 31.1. The lowest BCUT2D eigenvalue weighted by Crippen LogP contribution is -2.44. The number of anilines is 2. The molecule has 1 aliphatic carbocycles. The maximum Gasteiger partial charge on any atom is 0.419 e. The van der Waals surface area contributed by atoms with Crippen molar-refractivity contribution in [2.75, 3.05) is 42.6 Å². The van der Waals surface area contributed by atoms with Gasteiger partial charge in [0.05, 0.1) is 24.2 Å². The molecule has 0 bridgehead atoms. The fourth-order valence-corrected chi connectivity index (χ4v) is 6.64. The van der Waals surface area contributed by atoms with Gasteiger partial charge in [-0.05, 0) is 74.0 Å². The van der Waals surface area contributed by atoms with Gasteiger partial charge in [0.15, 0.2) is 0 Å². The van der Waals surface area contributed by atoms with Crippen molar-refractivity contribution in [2.45, 2.75) is 62.6 Å². The van der Waals surface area contributed by atoms with Crippen LogP contribution < -0.4 is 14.5 Å². The van der Waals surface area contributed by atoms with Gasteiger partial charge >= 0.3 is 12.1 Å². The van der Waals surface area contributed by atoms with Crippen molar-refractivity contribution in [3.63, 3.8) is 0 Å². The minimum atomic E-state index is -4.49. The molecule has 2 aromatic heterocycles. The number of pyridine rings is 1. The normalized spacial score (nSPS) is 19.7. The highest BCUT2D eigenvalue weighted by atomic mass is 19.4. The molecule has 0 spiro atoms. The molecular formula is C33H38F3N5O4. The van der Waals surface area contributed by atoms with Crippen LogP contribution in [0.4, 0.5) is 24.8 Å². The Labute approximate surface area is 260 Å². The van der Waals surface area contributed by atoms with E-state index in [0.29, 0.717) is 50.3 Å². The van der Waals surface area contributed by atoms with Gasteiger partial charge in [-0.2, -0.15) is 13.2 Å². The molecule has 0 radical (unpaired) electrons. The summed E-state index contributed by atoms with van der Waals surface area (Å²) in [6.45, 7) is 2.99. The van der Waals surface area contributed by atoms with Crippen molar-refractivity contribution in [3.8, 4) is 5.88 Å². The van der Waals surface area contributed by atoms with Crippen LogP contribution in [0.1, 0.15) is 67.6 Å². The number of aliphatic carboxylic acids is 1. The lowest BCUT2D eigenvalue weighted by atomic mass is 9.83. The summed E-state index contributed by atoms with van der Waals surface area (Å²) < 4.78 is 44.8. The number of rotatable bonds is 10. The number of halogens is 3. The van der Waals surface area contributed by atoms with Crippen molar-refractivity contribution in [1.29, 1.82) is 0 Å². The number of para-hydroxylation sites is 1. The van der Waals surface area contributed by atoms with Crippen LogP contribution in [0.15, 0.2) is 55.0 Å². The molecule has 12 heteroatoms. The van der Waals surface area contributed by atoms with Crippen LogP contribution in [0.25, 0.3) is 0 Å². The van der Waals surface area contributed by atoms with Crippen molar-refractivity contribution in [3.05, 3.63) is 71.7 Å². The predicted octanol–water partition coefficient (Wildman–Crippen LogP) is 5.64. The molecule has 1 aromatic carbocycles. The Morgan fingerprint density at radius 1 is 0.978 bits per heavy atom. The first-order valence-corrected chi connectivity index (χ1v) is 15.6. The average Bonchev–Trinajstić information content (AvgIpc) is 3.89. The van der Waals surface area contributed by atoms with Gasteiger partial charge in [0.25, 0.3) is 0 Å². The lowest BCUT2D eigenvalue weighted by Gasteiger charge is -2.42. The molecule has 1 atom stereocenters. The van der Waals surface area contributed by atoms with E-state index in [-0.39, 0.29) is 18.3 Å². The lowest BCUT2D eigenvalue weighted by molar-refractivity contribution is -0.138. The number of carboxylic acids is 1. The summed E-state index contributed by atoms with van der Waals surface area (Å²) in [4.78, 5) is 27.7. The van der Waals surface area contributed by atoms with Gasteiger partial charge in [0.1, 0.15) is 0 Å². The van der Waals surface area contributed by atoms with E-state index in [1.165, 1.54) is 0 Å².